The predicted molar refractivity (Wildman–Crippen MR) is 118 cm³/mol. The van der Waals surface area contributed by atoms with E-state index in [0.29, 0.717) is 33.7 Å². The lowest BCUT2D eigenvalue weighted by Crippen LogP contribution is -2.21. The van der Waals surface area contributed by atoms with Crippen LogP contribution in [0.25, 0.3) is 5.78 Å². The van der Waals surface area contributed by atoms with Crippen molar-refractivity contribution < 1.29 is 4.79 Å². The van der Waals surface area contributed by atoms with Crippen molar-refractivity contribution in [3.05, 3.63) is 87.7 Å². The Labute approximate surface area is 183 Å². The topological polar surface area (TPSA) is 60.2 Å². The van der Waals surface area contributed by atoms with Gasteiger partial charge in [-0.3, -0.25) is 4.79 Å². The number of halogens is 1. The minimum atomic E-state index is 0.112. The fraction of sp³-hybridized carbons (Fsp3) is 0.217. The van der Waals surface area contributed by atoms with Crippen LogP contribution in [0.5, 0.6) is 0 Å². The van der Waals surface area contributed by atoms with Crippen molar-refractivity contribution in [2.75, 3.05) is 0 Å². The van der Waals surface area contributed by atoms with Gasteiger partial charge in [0.05, 0.1) is 11.3 Å². The molecule has 0 fully saturated rings. The summed E-state index contributed by atoms with van der Waals surface area (Å²) < 4.78 is 1.62. The number of aromatic nitrogens is 4. The van der Waals surface area contributed by atoms with Crippen molar-refractivity contribution in [3.8, 4) is 0 Å². The number of Topliss-reactive ketones (excluding diaryl/α,β-unsaturated/α-hetero) is 1. The molecular formula is C23H19ClN4OS. The second-order valence-corrected chi connectivity index (χ2v) is 8.98. The molecule has 0 bridgehead atoms. The summed E-state index contributed by atoms with van der Waals surface area (Å²) in [4.78, 5) is 22.1. The second kappa shape index (κ2) is 7.85. The summed E-state index contributed by atoms with van der Waals surface area (Å²) in [6, 6.07) is 16.1. The van der Waals surface area contributed by atoms with E-state index in [1.807, 2.05) is 30.3 Å². The molecule has 2 aromatic carbocycles. The Kier molecular flexibility index (Phi) is 5.05. The molecule has 30 heavy (non-hydrogen) atoms. The lowest BCUT2D eigenvalue weighted by atomic mass is 9.82. The third-order valence-electron chi connectivity index (χ3n) is 5.33. The van der Waals surface area contributed by atoms with Gasteiger partial charge in [0.2, 0.25) is 5.16 Å². The second-order valence-electron chi connectivity index (χ2n) is 7.60. The van der Waals surface area contributed by atoms with Crippen molar-refractivity contribution in [1.29, 1.82) is 0 Å². The minimum absolute atomic E-state index is 0.112. The molecule has 7 heteroatoms. The first-order valence-electron chi connectivity index (χ1n) is 9.78. The zero-order chi connectivity index (χ0) is 20.7. The minimum Gasteiger partial charge on any atom is -0.294 e. The number of rotatable bonds is 4. The number of fused-ring (bicyclic) bond motifs is 2. The van der Waals surface area contributed by atoms with Gasteiger partial charge in [-0.15, -0.1) is 5.10 Å². The molecule has 1 aliphatic carbocycles. The molecule has 0 N–H and O–H groups in total. The molecule has 0 saturated heterocycles. The Morgan fingerprint density at radius 1 is 1.13 bits per heavy atom. The number of thioether (sulfide) groups is 1. The Bertz CT molecular complexity index is 1270. The lowest BCUT2D eigenvalue weighted by Gasteiger charge is -2.23. The highest BCUT2D eigenvalue weighted by molar-refractivity contribution is 7.98. The quantitative estimate of drug-likeness (QED) is 0.408. The average molecular weight is 435 g/mol. The summed E-state index contributed by atoms with van der Waals surface area (Å²) in [5.41, 5.74) is 4.96. The Balaban J connectivity index is 1.41. The molecule has 150 valence electrons. The smallest absolute Gasteiger partial charge is 0.253 e. The Morgan fingerprint density at radius 2 is 2.00 bits per heavy atom. The molecule has 2 aromatic heterocycles. The largest absolute Gasteiger partial charge is 0.294 e. The molecule has 1 aliphatic rings. The molecule has 0 aliphatic heterocycles. The molecule has 5 nitrogen and oxygen atoms in total. The van der Waals surface area contributed by atoms with E-state index in [-0.39, 0.29) is 11.7 Å². The SMILES string of the molecule is Cc1cccc([C@@H]2CC(=O)c3cn4nc(SCc5cccc(Cl)c5)nc4nc3C2)c1. The van der Waals surface area contributed by atoms with Crippen molar-refractivity contribution in [3.63, 3.8) is 0 Å². The number of aryl methyl sites for hydroxylation is 1. The van der Waals surface area contributed by atoms with Crippen LogP contribution in [0.2, 0.25) is 5.02 Å². The van der Waals surface area contributed by atoms with E-state index < -0.39 is 0 Å². The van der Waals surface area contributed by atoms with Gasteiger partial charge in [-0.25, -0.2) is 9.50 Å². The van der Waals surface area contributed by atoms with Gasteiger partial charge in [0.25, 0.3) is 5.78 Å². The normalized spacial score (nSPS) is 16.1. The number of hydrogen-bond acceptors (Lipinski definition) is 5. The van der Waals surface area contributed by atoms with Gasteiger partial charge in [-0.2, -0.15) is 4.98 Å². The molecule has 0 amide bonds. The van der Waals surface area contributed by atoms with Crippen LogP contribution in [0.4, 0.5) is 0 Å². The summed E-state index contributed by atoms with van der Waals surface area (Å²) in [6.07, 6.45) is 3.01. The van der Waals surface area contributed by atoms with Gasteiger partial charge in [-0.05, 0) is 42.5 Å². The zero-order valence-corrected chi connectivity index (χ0v) is 18.0. The maximum atomic E-state index is 12.8. The van der Waals surface area contributed by atoms with Gasteiger partial charge < -0.3 is 0 Å². The van der Waals surface area contributed by atoms with Crippen LogP contribution in [0.15, 0.2) is 59.9 Å². The molecule has 2 heterocycles. The molecule has 1 atom stereocenters. The molecule has 0 saturated carbocycles. The third-order valence-corrected chi connectivity index (χ3v) is 6.48. The first kappa shape index (κ1) is 19.3. The fourth-order valence-corrected chi connectivity index (χ4v) is 4.84. The predicted octanol–water partition coefficient (Wildman–Crippen LogP) is 5.29. The first-order chi connectivity index (χ1) is 14.5. The standard InChI is InChI=1S/C23H19ClN4OS/c1-14-4-2-6-16(8-14)17-10-20-19(21(29)11-17)12-28-22(25-20)26-23(27-28)30-13-15-5-3-7-18(24)9-15/h2-9,12,17H,10-11,13H2,1H3/t17-/m0/s1. The Hall–Kier alpha value is -2.70. The van der Waals surface area contributed by atoms with Crippen LogP contribution >= 0.6 is 23.4 Å². The van der Waals surface area contributed by atoms with Gasteiger partial charge in [0.1, 0.15) is 0 Å². The van der Waals surface area contributed by atoms with Gasteiger partial charge in [0.15, 0.2) is 5.78 Å². The summed E-state index contributed by atoms with van der Waals surface area (Å²) in [7, 11) is 0. The number of carbonyl (C=O) groups excluding carboxylic acids is 1. The summed E-state index contributed by atoms with van der Waals surface area (Å²) in [5.74, 6) is 1.51. The summed E-state index contributed by atoms with van der Waals surface area (Å²) in [6.45, 7) is 2.07. The highest BCUT2D eigenvalue weighted by Crippen LogP contribution is 2.32. The maximum Gasteiger partial charge on any atom is 0.253 e. The van der Waals surface area contributed by atoms with Crippen LogP contribution in [0.3, 0.4) is 0 Å². The van der Waals surface area contributed by atoms with Crippen molar-refractivity contribution >= 4 is 34.9 Å². The van der Waals surface area contributed by atoms with E-state index in [2.05, 4.69) is 40.2 Å². The lowest BCUT2D eigenvalue weighted by molar-refractivity contribution is 0.0962. The number of nitrogens with zero attached hydrogens (tertiary/aromatic N) is 4. The zero-order valence-electron chi connectivity index (χ0n) is 16.4. The van der Waals surface area contributed by atoms with Crippen LogP contribution in [-0.4, -0.2) is 25.4 Å². The van der Waals surface area contributed by atoms with Gasteiger partial charge >= 0.3 is 0 Å². The van der Waals surface area contributed by atoms with Crippen LogP contribution in [0.1, 0.15) is 45.1 Å². The van der Waals surface area contributed by atoms with Crippen molar-refractivity contribution in [2.24, 2.45) is 0 Å². The Morgan fingerprint density at radius 3 is 2.83 bits per heavy atom. The fourth-order valence-electron chi connectivity index (χ4n) is 3.86. The number of ketones is 1. The van der Waals surface area contributed by atoms with E-state index in [1.165, 1.54) is 22.9 Å². The van der Waals surface area contributed by atoms with E-state index in [0.717, 1.165) is 17.7 Å². The average Bonchev–Trinajstić information content (AvgIpc) is 3.13. The van der Waals surface area contributed by atoms with Gasteiger partial charge in [0, 0.05) is 23.4 Å². The van der Waals surface area contributed by atoms with Crippen LogP contribution < -0.4 is 0 Å². The van der Waals surface area contributed by atoms with Crippen molar-refractivity contribution in [1.82, 2.24) is 19.6 Å². The maximum absolute atomic E-state index is 12.8. The van der Waals surface area contributed by atoms with E-state index in [1.54, 1.807) is 10.7 Å². The van der Waals surface area contributed by atoms with Gasteiger partial charge in [-0.1, -0.05) is 65.3 Å². The summed E-state index contributed by atoms with van der Waals surface area (Å²) >= 11 is 7.58. The third kappa shape index (κ3) is 3.85. The molecule has 0 unspecified atom stereocenters. The monoisotopic (exact) mass is 434 g/mol. The number of carbonyl (C=O) groups is 1. The molecule has 4 aromatic rings. The van der Waals surface area contributed by atoms with Crippen molar-refractivity contribution in [2.45, 2.75) is 36.6 Å². The number of hydrogen-bond donors (Lipinski definition) is 0. The summed E-state index contributed by atoms with van der Waals surface area (Å²) in [5, 5.41) is 5.85. The highest BCUT2D eigenvalue weighted by Gasteiger charge is 2.28. The van der Waals surface area contributed by atoms with E-state index >= 15 is 0 Å². The highest BCUT2D eigenvalue weighted by atomic mass is 35.5. The molecule has 0 radical (unpaired) electrons. The first-order valence-corrected chi connectivity index (χ1v) is 11.1. The number of benzene rings is 2. The van der Waals surface area contributed by atoms with E-state index in [9.17, 15) is 4.79 Å². The van der Waals surface area contributed by atoms with E-state index in [4.69, 9.17) is 11.6 Å². The molecule has 5 rings (SSSR count). The van der Waals surface area contributed by atoms with Crippen LogP contribution in [-0.2, 0) is 12.2 Å². The molecule has 0 spiro atoms. The molecular weight excluding hydrogens is 416 g/mol. The van der Waals surface area contributed by atoms with Crippen LogP contribution in [0, 0.1) is 6.92 Å².